The molecule has 176 valence electrons. The Kier molecular flexibility index (Phi) is 4.55. The minimum Gasteiger partial charge on any atom is -0.450 e. The van der Waals surface area contributed by atoms with Gasteiger partial charge in [0, 0.05) is 63.9 Å². The van der Waals surface area contributed by atoms with Crippen molar-refractivity contribution in [2.75, 3.05) is 36.5 Å². The molecule has 3 aliphatic rings. The first-order chi connectivity index (χ1) is 16.3. The fraction of sp³-hybridized carbons (Fsp3) is 0.417. The van der Waals surface area contributed by atoms with E-state index in [0.717, 1.165) is 36.3 Å². The van der Waals surface area contributed by atoms with E-state index in [4.69, 9.17) is 9.72 Å². The Bertz CT molecular complexity index is 1370. The van der Waals surface area contributed by atoms with Gasteiger partial charge in [0.2, 0.25) is 5.95 Å². The SMILES string of the molecule is CN1CCCc2c1nc(N1CCC3(CC1)OC(=O)c1cc(-c4cnn(C)c4)cc(F)c13)[nH]c2=O. The molecular formula is C24H25FN6O3. The smallest absolute Gasteiger partial charge is 0.339 e. The molecule has 1 N–H and O–H groups in total. The number of carbonyl (C=O) groups is 1. The molecule has 9 nitrogen and oxygen atoms in total. The second kappa shape index (κ2) is 7.41. The van der Waals surface area contributed by atoms with Gasteiger partial charge in [-0.05, 0) is 30.5 Å². The highest BCUT2D eigenvalue weighted by molar-refractivity contribution is 5.96. The number of anilines is 2. The zero-order valence-electron chi connectivity index (χ0n) is 19.1. The topological polar surface area (TPSA) is 96.3 Å². The molecule has 0 bridgehead atoms. The number of halogens is 1. The lowest BCUT2D eigenvalue weighted by Gasteiger charge is -2.39. The zero-order valence-corrected chi connectivity index (χ0v) is 19.1. The number of rotatable bonds is 2. The van der Waals surface area contributed by atoms with E-state index in [1.165, 1.54) is 6.07 Å². The van der Waals surface area contributed by atoms with Crippen molar-refractivity contribution in [3.63, 3.8) is 0 Å². The Labute approximate surface area is 195 Å². The molecule has 1 aromatic carbocycles. The van der Waals surface area contributed by atoms with Gasteiger partial charge < -0.3 is 14.5 Å². The largest absolute Gasteiger partial charge is 0.450 e. The molecule has 1 spiro atoms. The van der Waals surface area contributed by atoms with Crippen LogP contribution in [0.5, 0.6) is 0 Å². The predicted molar refractivity (Wildman–Crippen MR) is 124 cm³/mol. The Hall–Kier alpha value is -3.69. The van der Waals surface area contributed by atoms with E-state index in [2.05, 4.69) is 10.1 Å². The van der Waals surface area contributed by atoms with Crippen LogP contribution in [0.1, 0.15) is 40.7 Å². The quantitative estimate of drug-likeness (QED) is 0.582. The van der Waals surface area contributed by atoms with Gasteiger partial charge in [0.05, 0.1) is 17.3 Å². The summed E-state index contributed by atoms with van der Waals surface area (Å²) in [6.45, 7) is 1.81. The second-order valence-corrected chi connectivity index (χ2v) is 9.37. The van der Waals surface area contributed by atoms with Crippen LogP contribution in [0.25, 0.3) is 11.1 Å². The first-order valence-electron chi connectivity index (χ1n) is 11.5. The van der Waals surface area contributed by atoms with Crippen molar-refractivity contribution in [2.45, 2.75) is 31.3 Å². The molecule has 3 aromatic rings. The van der Waals surface area contributed by atoms with E-state index in [9.17, 15) is 9.59 Å². The van der Waals surface area contributed by atoms with E-state index in [1.54, 1.807) is 30.2 Å². The van der Waals surface area contributed by atoms with E-state index in [1.807, 2.05) is 16.8 Å². The van der Waals surface area contributed by atoms with Crippen LogP contribution in [0.4, 0.5) is 16.2 Å². The number of hydrogen-bond acceptors (Lipinski definition) is 7. The van der Waals surface area contributed by atoms with Gasteiger partial charge in [-0.15, -0.1) is 0 Å². The monoisotopic (exact) mass is 464 g/mol. The third-order valence-corrected chi connectivity index (χ3v) is 7.23. The Balaban J connectivity index is 1.30. The van der Waals surface area contributed by atoms with Crippen molar-refractivity contribution in [3.8, 4) is 11.1 Å². The Morgan fingerprint density at radius 3 is 2.65 bits per heavy atom. The summed E-state index contributed by atoms with van der Waals surface area (Å²) < 4.78 is 22.9. The number of aromatic amines is 1. The van der Waals surface area contributed by atoms with Crippen LogP contribution in [-0.4, -0.2) is 52.4 Å². The molecule has 2 aromatic heterocycles. The minimum atomic E-state index is -1.01. The summed E-state index contributed by atoms with van der Waals surface area (Å²) in [4.78, 5) is 37.1. The summed E-state index contributed by atoms with van der Waals surface area (Å²) in [6.07, 6.45) is 5.88. The summed E-state index contributed by atoms with van der Waals surface area (Å²) in [5, 5.41) is 4.13. The van der Waals surface area contributed by atoms with Crippen LogP contribution in [0.15, 0.2) is 29.3 Å². The summed E-state index contributed by atoms with van der Waals surface area (Å²) in [7, 11) is 3.73. The van der Waals surface area contributed by atoms with Crippen molar-refractivity contribution in [1.82, 2.24) is 19.7 Å². The molecule has 0 atom stereocenters. The fourth-order valence-electron chi connectivity index (χ4n) is 5.45. The van der Waals surface area contributed by atoms with Crippen molar-refractivity contribution in [1.29, 1.82) is 0 Å². The fourth-order valence-corrected chi connectivity index (χ4v) is 5.45. The standard InChI is InChI=1S/C24H25FN6O3/c1-29-7-3-4-16-20(29)27-23(28-21(16)32)31-8-5-24(6-9-31)19-17(22(33)34-24)10-14(11-18(19)25)15-12-26-30(2)13-15/h10-13H,3-9H2,1-2H3,(H,27,28,32). The van der Waals surface area contributed by atoms with E-state index >= 15 is 4.39 Å². The lowest BCUT2D eigenvalue weighted by Crippen LogP contribution is -2.44. The molecule has 3 aliphatic heterocycles. The summed E-state index contributed by atoms with van der Waals surface area (Å²) >= 11 is 0. The van der Waals surface area contributed by atoms with Crippen LogP contribution in [0.2, 0.25) is 0 Å². The maximum absolute atomic E-state index is 15.4. The maximum Gasteiger partial charge on any atom is 0.339 e. The van der Waals surface area contributed by atoms with E-state index in [-0.39, 0.29) is 11.1 Å². The van der Waals surface area contributed by atoms with Crippen LogP contribution >= 0.6 is 0 Å². The molecule has 0 radical (unpaired) electrons. The number of aryl methyl sites for hydroxylation is 1. The molecule has 1 saturated heterocycles. The second-order valence-electron chi connectivity index (χ2n) is 9.37. The molecule has 0 amide bonds. The molecule has 6 rings (SSSR count). The van der Waals surface area contributed by atoms with Gasteiger partial charge in [-0.25, -0.2) is 9.18 Å². The highest BCUT2D eigenvalue weighted by Crippen LogP contribution is 2.47. The lowest BCUT2D eigenvalue weighted by molar-refractivity contribution is -0.0225. The summed E-state index contributed by atoms with van der Waals surface area (Å²) in [6, 6.07) is 3.14. The number of nitrogens with one attached hydrogen (secondary N) is 1. The van der Waals surface area contributed by atoms with Crippen molar-refractivity contribution < 1.29 is 13.9 Å². The number of piperidine rings is 1. The van der Waals surface area contributed by atoms with Gasteiger partial charge in [-0.2, -0.15) is 10.1 Å². The highest BCUT2D eigenvalue weighted by atomic mass is 19.1. The van der Waals surface area contributed by atoms with Gasteiger partial charge in [0.1, 0.15) is 17.2 Å². The molecule has 5 heterocycles. The molecule has 1 fully saturated rings. The van der Waals surface area contributed by atoms with Gasteiger partial charge in [-0.1, -0.05) is 0 Å². The number of benzene rings is 1. The van der Waals surface area contributed by atoms with Crippen LogP contribution in [-0.2, 0) is 23.8 Å². The van der Waals surface area contributed by atoms with E-state index in [0.29, 0.717) is 43.0 Å². The van der Waals surface area contributed by atoms with Crippen LogP contribution in [0, 0.1) is 5.82 Å². The molecule has 34 heavy (non-hydrogen) atoms. The number of aromatic nitrogens is 4. The third-order valence-electron chi connectivity index (χ3n) is 7.23. The minimum absolute atomic E-state index is 0.113. The Morgan fingerprint density at radius 1 is 1.12 bits per heavy atom. The van der Waals surface area contributed by atoms with Crippen molar-refractivity contribution in [3.05, 3.63) is 57.4 Å². The predicted octanol–water partition coefficient (Wildman–Crippen LogP) is 2.36. The highest BCUT2D eigenvalue weighted by Gasteiger charge is 2.50. The van der Waals surface area contributed by atoms with Gasteiger partial charge in [0.15, 0.2) is 0 Å². The molecule has 0 unspecified atom stereocenters. The number of ether oxygens (including phenoxy) is 1. The zero-order chi connectivity index (χ0) is 23.6. The average Bonchev–Trinajstić information content (AvgIpc) is 3.36. The first-order valence-corrected chi connectivity index (χ1v) is 11.5. The average molecular weight is 465 g/mol. The van der Waals surface area contributed by atoms with Gasteiger partial charge >= 0.3 is 5.97 Å². The number of hydrogen-bond donors (Lipinski definition) is 1. The molecule has 0 saturated carbocycles. The van der Waals surface area contributed by atoms with Gasteiger partial charge in [-0.3, -0.25) is 14.5 Å². The number of fused-ring (bicyclic) bond motifs is 3. The number of carbonyl (C=O) groups excluding carboxylic acids is 1. The summed E-state index contributed by atoms with van der Waals surface area (Å²) in [5.74, 6) is 0.272. The van der Waals surface area contributed by atoms with Crippen LogP contribution in [0.3, 0.4) is 0 Å². The van der Waals surface area contributed by atoms with Crippen molar-refractivity contribution >= 4 is 17.7 Å². The Morgan fingerprint density at radius 2 is 1.91 bits per heavy atom. The molecule has 0 aliphatic carbocycles. The summed E-state index contributed by atoms with van der Waals surface area (Å²) in [5.41, 5.74) is 1.53. The normalized spacial score (nSPS) is 18.7. The first kappa shape index (κ1) is 20.9. The number of nitrogens with zero attached hydrogens (tertiary/aromatic N) is 5. The third kappa shape index (κ3) is 3.12. The van der Waals surface area contributed by atoms with Gasteiger partial charge in [0.25, 0.3) is 5.56 Å². The van der Waals surface area contributed by atoms with E-state index < -0.39 is 17.4 Å². The molecular weight excluding hydrogens is 439 g/mol. The number of esters is 1. The van der Waals surface area contributed by atoms with Crippen LogP contribution < -0.4 is 15.4 Å². The molecule has 10 heteroatoms. The maximum atomic E-state index is 15.4. The van der Waals surface area contributed by atoms with Crippen molar-refractivity contribution in [2.24, 2.45) is 7.05 Å². The number of H-pyrrole nitrogens is 1. The lowest BCUT2D eigenvalue weighted by atomic mass is 9.82.